The van der Waals surface area contributed by atoms with Crippen LogP contribution in [0, 0.1) is 0 Å². The van der Waals surface area contributed by atoms with Gasteiger partial charge in [0, 0.05) is 18.9 Å². The van der Waals surface area contributed by atoms with Crippen LogP contribution in [0.25, 0.3) is 0 Å². The number of carbonyl (C=O) groups is 1. The zero-order chi connectivity index (χ0) is 18.0. The lowest BCUT2D eigenvalue weighted by Crippen LogP contribution is -2.50. The number of hydrogen-bond acceptors (Lipinski definition) is 4. The van der Waals surface area contributed by atoms with E-state index < -0.39 is 18.1 Å². The largest absolute Gasteiger partial charge is 0.573 e. The monoisotopic (exact) mass is 347 g/mol. The molecule has 1 amide bonds. The maximum Gasteiger partial charge on any atom is 0.573 e. The van der Waals surface area contributed by atoms with Crippen molar-refractivity contribution in [3.8, 4) is 11.5 Å². The van der Waals surface area contributed by atoms with E-state index >= 15 is 0 Å². The van der Waals surface area contributed by atoms with Crippen LogP contribution in [-0.4, -0.2) is 30.2 Å². The van der Waals surface area contributed by atoms with E-state index in [1.165, 1.54) is 24.3 Å². The Morgan fingerprint density at radius 2 is 1.62 bits per heavy atom. The van der Waals surface area contributed by atoms with Gasteiger partial charge in [-0.25, -0.2) is 4.79 Å². The van der Waals surface area contributed by atoms with E-state index in [9.17, 15) is 18.0 Å². The molecule has 0 aliphatic heterocycles. The summed E-state index contributed by atoms with van der Waals surface area (Å²) in [4.78, 5) is 11.6. The standard InChI is InChI=1S/C16H20F3NO4/c1-15(2,3)24-14(21)20-10-8-13(9-10)22-11-4-6-12(7-5-11)23-16(17,18)19/h4-7,10,13H,8-9H2,1-3H3,(H,20,21). The number of benzene rings is 1. The summed E-state index contributed by atoms with van der Waals surface area (Å²) in [5.74, 6) is 0.151. The fraction of sp³-hybridized carbons (Fsp3) is 0.562. The topological polar surface area (TPSA) is 56.8 Å². The maximum absolute atomic E-state index is 12.1. The summed E-state index contributed by atoms with van der Waals surface area (Å²) in [6.45, 7) is 5.35. The molecule has 0 heterocycles. The average molecular weight is 347 g/mol. The Morgan fingerprint density at radius 1 is 1.08 bits per heavy atom. The van der Waals surface area contributed by atoms with Crippen LogP contribution in [0.5, 0.6) is 11.5 Å². The highest BCUT2D eigenvalue weighted by molar-refractivity contribution is 5.68. The number of rotatable bonds is 4. The number of halogens is 3. The summed E-state index contributed by atoms with van der Waals surface area (Å²) >= 11 is 0. The first-order chi connectivity index (χ1) is 11.0. The predicted molar refractivity (Wildman–Crippen MR) is 79.9 cm³/mol. The second kappa shape index (κ2) is 6.78. The Morgan fingerprint density at radius 3 is 2.12 bits per heavy atom. The maximum atomic E-state index is 12.1. The van der Waals surface area contributed by atoms with E-state index in [0.717, 1.165) is 0 Å². The third kappa shape index (κ3) is 6.17. The second-order valence-corrected chi connectivity index (χ2v) is 6.57. The van der Waals surface area contributed by atoms with Gasteiger partial charge in [0.15, 0.2) is 0 Å². The minimum Gasteiger partial charge on any atom is -0.490 e. The van der Waals surface area contributed by atoms with Crippen molar-refractivity contribution < 1.29 is 32.2 Å². The van der Waals surface area contributed by atoms with E-state index in [4.69, 9.17) is 9.47 Å². The highest BCUT2D eigenvalue weighted by atomic mass is 19.4. The van der Waals surface area contributed by atoms with Crippen molar-refractivity contribution in [3.63, 3.8) is 0 Å². The summed E-state index contributed by atoms with van der Waals surface area (Å²) in [5.41, 5.74) is -0.552. The van der Waals surface area contributed by atoms with Gasteiger partial charge in [-0.15, -0.1) is 13.2 Å². The first kappa shape index (κ1) is 18.2. The van der Waals surface area contributed by atoms with E-state index in [1.54, 1.807) is 20.8 Å². The molecule has 134 valence electrons. The molecule has 5 nitrogen and oxygen atoms in total. The third-order valence-corrected chi connectivity index (χ3v) is 3.18. The van der Waals surface area contributed by atoms with E-state index in [2.05, 4.69) is 10.1 Å². The lowest BCUT2D eigenvalue weighted by atomic mass is 9.89. The van der Waals surface area contributed by atoms with Crippen molar-refractivity contribution in [2.24, 2.45) is 0 Å². The summed E-state index contributed by atoms with van der Waals surface area (Å²) in [7, 11) is 0. The Balaban J connectivity index is 1.72. The summed E-state index contributed by atoms with van der Waals surface area (Å²) in [6.07, 6.45) is -4.06. The Bertz CT molecular complexity index is 560. The van der Waals surface area contributed by atoms with Crippen LogP contribution in [0.2, 0.25) is 0 Å². The minimum atomic E-state index is -4.71. The smallest absolute Gasteiger partial charge is 0.490 e. The minimum absolute atomic E-state index is 0.0299. The van der Waals surface area contributed by atoms with Crippen LogP contribution in [0.1, 0.15) is 33.6 Å². The van der Waals surface area contributed by atoms with Gasteiger partial charge >= 0.3 is 12.5 Å². The van der Waals surface area contributed by atoms with Crippen molar-refractivity contribution in [1.82, 2.24) is 5.32 Å². The van der Waals surface area contributed by atoms with Crippen molar-refractivity contribution >= 4 is 6.09 Å². The van der Waals surface area contributed by atoms with Crippen LogP contribution in [0.15, 0.2) is 24.3 Å². The molecule has 0 bridgehead atoms. The van der Waals surface area contributed by atoms with Crippen molar-refractivity contribution in [1.29, 1.82) is 0 Å². The molecule has 0 saturated heterocycles. The van der Waals surface area contributed by atoms with Crippen LogP contribution < -0.4 is 14.8 Å². The molecule has 1 N–H and O–H groups in total. The molecule has 2 rings (SSSR count). The third-order valence-electron chi connectivity index (χ3n) is 3.18. The van der Waals surface area contributed by atoms with Crippen LogP contribution >= 0.6 is 0 Å². The van der Waals surface area contributed by atoms with E-state index in [0.29, 0.717) is 18.6 Å². The molecular formula is C16H20F3NO4. The Kier molecular flexibility index (Phi) is 5.15. The Hall–Kier alpha value is -2.12. The number of nitrogens with one attached hydrogen (secondary N) is 1. The van der Waals surface area contributed by atoms with Gasteiger partial charge in [-0.1, -0.05) is 0 Å². The van der Waals surface area contributed by atoms with E-state index in [1.807, 2.05) is 0 Å². The molecule has 0 aromatic heterocycles. The van der Waals surface area contributed by atoms with Gasteiger partial charge in [-0.05, 0) is 45.0 Å². The number of ether oxygens (including phenoxy) is 3. The first-order valence-electron chi connectivity index (χ1n) is 7.52. The zero-order valence-electron chi connectivity index (χ0n) is 13.6. The van der Waals surface area contributed by atoms with Crippen LogP contribution in [-0.2, 0) is 4.74 Å². The summed E-state index contributed by atoms with van der Waals surface area (Å²) in [6, 6.07) is 5.18. The highest BCUT2D eigenvalue weighted by Gasteiger charge is 2.33. The van der Waals surface area contributed by atoms with Gasteiger partial charge in [0.05, 0.1) is 0 Å². The highest BCUT2D eigenvalue weighted by Crippen LogP contribution is 2.29. The molecule has 1 aromatic rings. The summed E-state index contributed by atoms with van der Waals surface area (Å²) < 4.78 is 50.8. The molecule has 1 aliphatic rings. The van der Waals surface area contributed by atoms with Gasteiger partial charge < -0.3 is 19.5 Å². The van der Waals surface area contributed by atoms with Gasteiger partial charge in [0.1, 0.15) is 23.2 Å². The molecule has 0 radical (unpaired) electrons. The molecular weight excluding hydrogens is 327 g/mol. The molecule has 0 unspecified atom stereocenters. The second-order valence-electron chi connectivity index (χ2n) is 6.57. The molecule has 1 aromatic carbocycles. The zero-order valence-corrected chi connectivity index (χ0v) is 13.6. The molecule has 0 spiro atoms. The SMILES string of the molecule is CC(C)(C)OC(=O)NC1CC(Oc2ccc(OC(F)(F)F)cc2)C1. The van der Waals surface area contributed by atoms with Gasteiger partial charge in [-0.3, -0.25) is 0 Å². The van der Waals surface area contributed by atoms with Crippen LogP contribution in [0.3, 0.4) is 0 Å². The molecule has 1 saturated carbocycles. The first-order valence-corrected chi connectivity index (χ1v) is 7.52. The van der Waals surface area contributed by atoms with Crippen molar-refractivity contribution in [2.75, 3.05) is 0 Å². The Labute approximate surface area is 138 Å². The lowest BCUT2D eigenvalue weighted by Gasteiger charge is -2.36. The number of amides is 1. The molecule has 1 aliphatic carbocycles. The van der Waals surface area contributed by atoms with E-state index in [-0.39, 0.29) is 17.9 Å². The van der Waals surface area contributed by atoms with Gasteiger partial charge in [-0.2, -0.15) is 0 Å². The molecule has 8 heteroatoms. The lowest BCUT2D eigenvalue weighted by molar-refractivity contribution is -0.274. The fourth-order valence-corrected chi connectivity index (χ4v) is 2.17. The summed E-state index contributed by atoms with van der Waals surface area (Å²) in [5, 5.41) is 2.74. The predicted octanol–water partition coefficient (Wildman–Crippen LogP) is 4.02. The van der Waals surface area contributed by atoms with Crippen molar-refractivity contribution in [2.45, 2.75) is 57.7 Å². The fourth-order valence-electron chi connectivity index (χ4n) is 2.17. The number of hydrogen-bond donors (Lipinski definition) is 1. The van der Waals surface area contributed by atoms with Gasteiger partial charge in [0.2, 0.25) is 0 Å². The van der Waals surface area contributed by atoms with Crippen molar-refractivity contribution in [3.05, 3.63) is 24.3 Å². The molecule has 0 atom stereocenters. The van der Waals surface area contributed by atoms with Crippen LogP contribution in [0.4, 0.5) is 18.0 Å². The van der Waals surface area contributed by atoms with Gasteiger partial charge in [0.25, 0.3) is 0 Å². The molecule has 24 heavy (non-hydrogen) atoms. The quantitative estimate of drug-likeness (QED) is 0.894. The number of alkyl halides is 3. The number of alkyl carbamates (subject to hydrolysis) is 1. The normalized spacial score (nSPS) is 20.8. The number of carbonyl (C=O) groups excluding carboxylic acids is 1. The average Bonchev–Trinajstić information content (AvgIpc) is 2.34. The molecule has 1 fully saturated rings.